The standard InChI is InChI=1S/C11H14O3.Al.3H/c1-11(2,3)9-6-4-8(5-7-9)10(12)14-13;;;;/h4-7,13H,1-3H3;;;;. The van der Waals surface area contributed by atoms with Crippen LogP contribution in [0, 0.1) is 0 Å². The van der Waals surface area contributed by atoms with Crippen molar-refractivity contribution in [3.8, 4) is 0 Å². The third kappa shape index (κ3) is 3.67. The second-order valence-corrected chi connectivity index (χ2v) is 4.21. The van der Waals surface area contributed by atoms with Crippen molar-refractivity contribution in [2.75, 3.05) is 0 Å². The maximum atomic E-state index is 10.9. The summed E-state index contributed by atoms with van der Waals surface area (Å²) in [5, 5.41) is 8.17. The van der Waals surface area contributed by atoms with E-state index >= 15 is 0 Å². The van der Waals surface area contributed by atoms with Crippen LogP contribution in [0.5, 0.6) is 0 Å². The maximum Gasteiger partial charge on any atom is 0.372 e. The van der Waals surface area contributed by atoms with E-state index < -0.39 is 5.97 Å². The largest absolute Gasteiger partial charge is 0.372 e. The molecule has 1 N–H and O–H groups in total. The van der Waals surface area contributed by atoms with Crippen LogP contribution >= 0.6 is 0 Å². The molecule has 0 fully saturated rings. The lowest BCUT2D eigenvalue weighted by Gasteiger charge is -2.18. The lowest BCUT2D eigenvalue weighted by Crippen LogP contribution is -2.11. The SMILES string of the molecule is CC(C)(C)c1ccc(C(=O)OO)cc1.[AlH3]. The molecule has 0 unspecified atom stereocenters. The van der Waals surface area contributed by atoms with Crippen molar-refractivity contribution in [1.29, 1.82) is 0 Å². The molecule has 0 heterocycles. The molecule has 0 bridgehead atoms. The second kappa shape index (κ2) is 5.32. The predicted molar refractivity (Wildman–Crippen MR) is 63.1 cm³/mol. The topological polar surface area (TPSA) is 46.5 Å². The van der Waals surface area contributed by atoms with Crippen LogP contribution in [0.1, 0.15) is 36.7 Å². The molecule has 0 saturated heterocycles. The monoisotopic (exact) mass is 224 g/mol. The maximum absolute atomic E-state index is 10.9. The lowest BCUT2D eigenvalue weighted by atomic mass is 9.87. The van der Waals surface area contributed by atoms with Crippen LogP contribution in [0.4, 0.5) is 0 Å². The molecule has 0 aliphatic rings. The first-order valence-electron chi connectivity index (χ1n) is 4.41. The van der Waals surface area contributed by atoms with E-state index in [4.69, 9.17) is 5.26 Å². The number of rotatable bonds is 1. The Hall–Kier alpha value is -0.818. The van der Waals surface area contributed by atoms with Crippen molar-refractivity contribution in [3.63, 3.8) is 0 Å². The lowest BCUT2D eigenvalue weighted by molar-refractivity contribution is -0.182. The summed E-state index contributed by atoms with van der Waals surface area (Å²) < 4.78 is 0. The smallest absolute Gasteiger partial charge is 0.296 e. The molecule has 1 aromatic carbocycles. The van der Waals surface area contributed by atoms with Crippen LogP contribution in [0.2, 0.25) is 0 Å². The average molecular weight is 224 g/mol. The van der Waals surface area contributed by atoms with Gasteiger partial charge in [0.2, 0.25) is 0 Å². The van der Waals surface area contributed by atoms with Gasteiger partial charge in [0.05, 0.1) is 5.56 Å². The van der Waals surface area contributed by atoms with Crippen LogP contribution in [-0.2, 0) is 10.3 Å². The Morgan fingerprint density at radius 2 is 1.67 bits per heavy atom. The van der Waals surface area contributed by atoms with E-state index in [1.165, 1.54) is 0 Å². The van der Waals surface area contributed by atoms with E-state index in [9.17, 15) is 4.79 Å². The van der Waals surface area contributed by atoms with Gasteiger partial charge in [0.15, 0.2) is 17.4 Å². The highest BCUT2D eigenvalue weighted by atomic mass is 27.0. The highest BCUT2D eigenvalue weighted by molar-refractivity contribution is 5.88. The average Bonchev–Trinajstić information content (AvgIpc) is 2.15. The highest BCUT2D eigenvalue weighted by Crippen LogP contribution is 2.22. The van der Waals surface area contributed by atoms with Crippen LogP contribution in [0.25, 0.3) is 0 Å². The van der Waals surface area contributed by atoms with E-state index in [0.717, 1.165) is 5.56 Å². The van der Waals surface area contributed by atoms with Crippen molar-refractivity contribution < 1.29 is 14.9 Å². The Labute approximate surface area is 100 Å². The quantitative estimate of drug-likeness (QED) is 0.446. The molecule has 0 aliphatic carbocycles. The van der Waals surface area contributed by atoms with E-state index in [-0.39, 0.29) is 22.8 Å². The van der Waals surface area contributed by atoms with Gasteiger partial charge in [-0.2, -0.15) is 5.26 Å². The summed E-state index contributed by atoms with van der Waals surface area (Å²) in [5.74, 6) is -0.731. The van der Waals surface area contributed by atoms with Gasteiger partial charge in [0.1, 0.15) is 0 Å². The molecule has 0 aliphatic heterocycles. The first-order valence-corrected chi connectivity index (χ1v) is 4.41. The summed E-state index contributed by atoms with van der Waals surface area (Å²) in [6.45, 7) is 6.27. The number of carbonyl (C=O) groups is 1. The third-order valence-corrected chi connectivity index (χ3v) is 2.07. The van der Waals surface area contributed by atoms with Gasteiger partial charge in [-0.25, -0.2) is 4.79 Å². The molecular weight excluding hydrogens is 207 g/mol. The number of hydrogen-bond acceptors (Lipinski definition) is 3. The first kappa shape index (κ1) is 14.2. The molecule has 3 nitrogen and oxygen atoms in total. The van der Waals surface area contributed by atoms with E-state index in [0.29, 0.717) is 5.56 Å². The summed E-state index contributed by atoms with van der Waals surface area (Å²) in [5.41, 5.74) is 1.54. The van der Waals surface area contributed by atoms with Crippen molar-refractivity contribution in [3.05, 3.63) is 35.4 Å². The van der Waals surface area contributed by atoms with Crippen molar-refractivity contribution in [1.82, 2.24) is 0 Å². The first-order chi connectivity index (χ1) is 6.45. The fourth-order valence-corrected chi connectivity index (χ4v) is 1.16. The molecule has 0 aromatic heterocycles. The minimum absolute atomic E-state index is 0. The van der Waals surface area contributed by atoms with Crippen LogP contribution in [0.3, 0.4) is 0 Å². The zero-order valence-electron chi connectivity index (χ0n) is 8.57. The number of carbonyl (C=O) groups excluding carboxylic acids is 1. The molecular formula is C11H17AlO3. The van der Waals surface area contributed by atoms with Gasteiger partial charge in [0, 0.05) is 0 Å². The van der Waals surface area contributed by atoms with Crippen LogP contribution in [-0.4, -0.2) is 28.6 Å². The van der Waals surface area contributed by atoms with Crippen molar-refractivity contribution >= 4 is 23.3 Å². The van der Waals surface area contributed by atoms with E-state index in [2.05, 4.69) is 25.7 Å². The van der Waals surface area contributed by atoms with Gasteiger partial charge in [-0.3, -0.25) is 4.89 Å². The van der Waals surface area contributed by atoms with Crippen LogP contribution in [0.15, 0.2) is 24.3 Å². The summed E-state index contributed by atoms with van der Waals surface area (Å²) in [7, 11) is 0. The Bertz CT molecular complexity index is 325. The second-order valence-electron chi connectivity index (χ2n) is 4.21. The van der Waals surface area contributed by atoms with Crippen LogP contribution < -0.4 is 0 Å². The third-order valence-electron chi connectivity index (χ3n) is 2.07. The fourth-order valence-electron chi connectivity index (χ4n) is 1.16. The van der Waals surface area contributed by atoms with Gasteiger partial charge in [-0.1, -0.05) is 32.9 Å². The Balaban J connectivity index is 0.00000196. The molecule has 1 aromatic rings. The molecule has 15 heavy (non-hydrogen) atoms. The van der Waals surface area contributed by atoms with E-state index in [1.807, 2.05) is 12.1 Å². The Morgan fingerprint density at radius 1 is 1.20 bits per heavy atom. The zero-order valence-corrected chi connectivity index (χ0v) is 8.57. The van der Waals surface area contributed by atoms with Gasteiger partial charge in [-0.15, -0.1) is 0 Å². The Kier molecular flexibility index (Phi) is 5.03. The minimum Gasteiger partial charge on any atom is -0.296 e. The van der Waals surface area contributed by atoms with Crippen molar-refractivity contribution in [2.24, 2.45) is 0 Å². The molecule has 4 heteroatoms. The van der Waals surface area contributed by atoms with Gasteiger partial charge < -0.3 is 0 Å². The zero-order chi connectivity index (χ0) is 10.8. The summed E-state index contributed by atoms with van der Waals surface area (Å²) in [6.07, 6.45) is 0. The molecule has 0 amide bonds. The summed E-state index contributed by atoms with van der Waals surface area (Å²) in [6, 6.07) is 6.98. The molecule has 0 atom stereocenters. The number of hydrogen-bond donors (Lipinski definition) is 1. The molecule has 0 saturated carbocycles. The molecule has 1 rings (SSSR count). The van der Waals surface area contributed by atoms with Crippen molar-refractivity contribution in [2.45, 2.75) is 26.2 Å². The fraction of sp³-hybridized carbons (Fsp3) is 0.364. The minimum atomic E-state index is -0.731. The Morgan fingerprint density at radius 3 is 2.00 bits per heavy atom. The number of benzene rings is 1. The van der Waals surface area contributed by atoms with Gasteiger partial charge in [-0.05, 0) is 23.1 Å². The van der Waals surface area contributed by atoms with Gasteiger partial charge in [0.25, 0.3) is 0 Å². The summed E-state index contributed by atoms with van der Waals surface area (Å²) >= 11 is 0. The molecule has 82 valence electrons. The van der Waals surface area contributed by atoms with Gasteiger partial charge >= 0.3 is 5.97 Å². The highest BCUT2D eigenvalue weighted by Gasteiger charge is 2.14. The molecule has 0 radical (unpaired) electrons. The normalized spacial score (nSPS) is 10.4. The molecule has 0 spiro atoms. The van der Waals surface area contributed by atoms with E-state index in [1.54, 1.807) is 12.1 Å². The summed E-state index contributed by atoms with van der Waals surface area (Å²) in [4.78, 5) is 14.5. The predicted octanol–water partition coefficient (Wildman–Crippen LogP) is 1.43.